The summed E-state index contributed by atoms with van der Waals surface area (Å²) in [6.07, 6.45) is 5.46. The molecule has 3 nitrogen and oxygen atoms in total. The smallest absolute Gasteiger partial charge is 0.223 e. The number of hydrogen-bond acceptors (Lipinski definition) is 2. The minimum Gasteiger partial charge on any atom is -0.349 e. The van der Waals surface area contributed by atoms with Gasteiger partial charge < -0.3 is 11.1 Å². The average molecular weight is 196 g/mol. The largest absolute Gasteiger partial charge is 0.349 e. The van der Waals surface area contributed by atoms with Gasteiger partial charge in [-0.05, 0) is 38.0 Å². The van der Waals surface area contributed by atoms with Crippen molar-refractivity contribution in [1.82, 2.24) is 5.32 Å². The highest BCUT2D eigenvalue weighted by Crippen LogP contribution is 2.36. The third-order valence-corrected chi connectivity index (χ3v) is 3.83. The number of nitrogens with one attached hydrogen (secondary N) is 1. The second kappa shape index (κ2) is 3.54. The van der Waals surface area contributed by atoms with Gasteiger partial charge in [0.05, 0.1) is 5.54 Å². The molecule has 2 aliphatic carbocycles. The van der Waals surface area contributed by atoms with Gasteiger partial charge in [0.15, 0.2) is 0 Å². The lowest BCUT2D eigenvalue weighted by Crippen LogP contribution is -2.60. The van der Waals surface area contributed by atoms with Crippen molar-refractivity contribution in [3.63, 3.8) is 0 Å². The molecular weight excluding hydrogens is 176 g/mol. The molecule has 0 aliphatic heterocycles. The summed E-state index contributed by atoms with van der Waals surface area (Å²) < 4.78 is 0. The Bertz CT molecular complexity index is 224. The molecule has 2 fully saturated rings. The number of hydrogen-bond donors (Lipinski definition) is 2. The Labute approximate surface area is 85.4 Å². The maximum Gasteiger partial charge on any atom is 0.223 e. The molecule has 0 aromatic heterocycles. The Hall–Kier alpha value is -0.570. The topological polar surface area (TPSA) is 55.1 Å². The molecule has 0 heterocycles. The van der Waals surface area contributed by atoms with E-state index >= 15 is 0 Å². The minimum atomic E-state index is -0.0318. The molecule has 3 N–H and O–H groups in total. The third kappa shape index (κ3) is 1.65. The predicted octanol–water partition coefficient (Wildman–Crippen LogP) is 1.03. The van der Waals surface area contributed by atoms with Crippen molar-refractivity contribution in [2.75, 3.05) is 6.54 Å². The monoisotopic (exact) mass is 196 g/mol. The fourth-order valence-electron chi connectivity index (χ4n) is 2.46. The van der Waals surface area contributed by atoms with Crippen molar-refractivity contribution in [3.05, 3.63) is 0 Å². The summed E-state index contributed by atoms with van der Waals surface area (Å²) in [6.45, 7) is 2.80. The van der Waals surface area contributed by atoms with Gasteiger partial charge in [-0.25, -0.2) is 0 Å². The number of carbonyl (C=O) groups excluding carboxylic acids is 1. The molecule has 0 atom stereocenters. The molecule has 1 amide bonds. The fraction of sp³-hybridized carbons (Fsp3) is 0.909. The summed E-state index contributed by atoms with van der Waals surface area (Å²) in [7, 11) is 0. The predicted molar refractivity (Wildman–Crippen MR) is 55.7 cm³/mol. The van der Waals surface area contributed by atoms with E-state index in [0.29, 0.717) is 6.54 Å². The molecule has 0 bridgehead atoms. The molecule has 0 aromatic rings. The van der Waals surface area contributed by atoms with Crippen LogP contribution >= 0.6 is 0 Å². The first-order chi connectivity index (χ1) is 6.65. The number of nitrogens with two attached hydrogens (primary N) is 1. The fourth-order valence-corrected chi connectivity index (χ4v) is 2.46. The summed E-state index contributed by atoms with van der Waals surface area (Å²) in [4.78, 5) is 11.8. The highest BCUT2D eigenvalue weighted by Gasteiger charge is 2.40. The van der Waals surface area contributed by atoms with Crippen molar-refractivity contribution < 1.29 is 4.79 Å². The van der Waals surface area contributed by atoms with Crippen molar-refractivity contribution in [1.29, 1.82) is 0 Å². The third-order valence-electron chi connectivity index (χ3n) is 3.83. The van der Waals surface area contributed by atoms with Gasteiger partial charge in [-0.3, -0.25) is 4.79 Å². The number of amides is 1. The molecule has 3 heteroatoms. The van der Waals surface area contributed by atoms with Crippen molar-refractivity contribution in [2.45, 2.75) is 44.6 Å². The van der Waals surface area contributed by atoms with E-state index in [1.807, 2.05) is 0 Å². The van der Waals surface area contributed by atoms with Crippen LogP contribution in [-0.4, -0.2) is 18.0 Å². The zero-order chi connectivity index (χ0) is 10.2. The van der Waals surface area contributed by atoms with E-state index in [-0.39, 0.29) is 17.4 Å². The minimum absolute atomic E-state index is 0.0318. The molecule has 0 spiro atoms. The average Bonchev–Trinajstić information content (AvgIpc) is 2.05. The first kappa shape index (κ1) is 9.97. The van der Waals surface area contributed by atoms with Crippen LogP contribution in [-0.2, 0) is 4.79 Å². The summed E-state index contributed by atoms with van der Waals surface area (Å²) >= 11 is 0. The summed E-state index contributed by atoms with van der Waals surface area (Å²) in [5, 5.41) is 3.14. The normalized spacial score (nSPS) is 34.1. The highest BCUT2D eigenvalue weighted by atomic mass is 16.2. The van der Waals surface area contributed by atoms with E-state index in [9.17, 15) is 4.79 Å². The van der Waals surface area contributed by atoms with Crippen LogP contribution in [0, 0.1) is 11.8 Å². The Balaban J connectivity index is 1.82. The van der Waals surface area contributed by atoms with E-state index in [4.69, 9.17) is 5.73 Å². The zero-order valence-corrected chi connectivity index (χ0v) is 8.88. The molecule has 2 aliphatic rings. The standard InChI is InChI=1S/C11H20N2O/c1-8-5-9(6-8)10(14)13-11(7-12)3-2-4-11/h8-9H,2-7,12H2,1H3,(H,13,14). The maximum absolute atomic E-state index is 11.8. The maximum atomic E-state index is 11.8. The van der Waals surface area contributed by atoms with Crippen LogP contribution < -0.4 is 11.1 Å². The van der Waals surface area contributed by atoms with E-state index in [1.54, 1.807) is 0 Å². The van der Waals surface area contributed by atoms with E-state index < -0.39 is 0 Å². The molecule has 0 radical (unpaired) electrons. The molecule has 2 rings (SSSR count). The lowest BCUT2D eigenvalue weighted by atomic mass is 9.73. The first-order valence-corrected chi connectivity index (χ1v) is 5.67. The van der Waals surface area contributed by atoms with Gasteiger partial charge in [0, 0.05) is 12.5 Å². The lowest BCUT2D eigenvalue weighted by molar-refractivity contribution is -0.131. The van der Waals surface area contributed by atoms with Gasteiger partial charge >= 0.3 is 0 Å². The summed E-state index contributed by atoms with van der Waals surface area (Å²) in [6, 6.07) is 0. The van der Waals surface area contributed by atoms with Crippen LogP contribution in [0.5, 0.6) is 0 Å². The van der Waals surface area contributed by atoms with Crippen molar-refractivity contribution in [3.8, 4) is 0 Å². The van der Waals surface area contributed by atoms with Gasteiger partial charge in [0.25, 0.3) is 0 Å². The van der Waals surface area contributed by atoms with Crippen molar-refractivity contribution in [2.24, 2.45) is 17.6 Å². The highest BCUT2D eigenvalue weighted by molar-refractivity contribution is 5.80. The first-order valence-electron chi connectivity index (χ1n) is 5.67. The summed E-state index contributed by atoms with van der Waals surface area (Å²) in [5.74, 6) is 1.25. The van der Waals surface area contributed by atoms with Crippen molar-refractivity contribution >= 4 is 5.91 Å². The van der Waals surface area contributed by atoms with Crippen LogP contribution in [0.1, 0.15) is 39.0 Å². The molecule has 2 saturated carbocycles. The van der Waals surface area contributed by atoms with E-state index in [2.05, 4.69) is 12.2 Å². The quantitative estimate of drug-likeness (QED) is 0.708. The van der Waals surface area contributed by atoms with E-state index in [0.717, 1.165) is 31.6 Å². The Morgan fingerprint density at radius 3 is 2.50 bits per heavy atom. The second-order valence-electron chi connectivity index (χ2n) is 5.10. The number of rotatable bonds is 3. The van der Waals surface area contributed by atoms with Crippen LogP contribution in [0.15, 0.2) is 0 Å². The molecule has 14 heavy (non-hydrogen) atoms. The molecule has 0 saturated heterocycles. The molecule has 80 valence electrons. The SMILES string of the molecule is CC1CC(C(=O)NC2(CN)CCC2)C1. The zero-order valence-electron chi connectivity index (χ0n) is 8.88. The number of carbonyl (C=O) groups is 1. The van der Waals surface area contributed by atoms with E-state index in [1.165, 1.54) is 6.42 Å². The molecule has 0 aromatic carbocycles. The van der Waals surface area contributed by atoms with Crippen LogP contribution in [0.25, 0.3) is 0 Å². The van der Waals surface area contributed by atoms with Gasteiger partial charge in [-0.1, -0.05) is 6.92 Å². The Morgan fingerprint density at radius 2 is 2.14 bits per heavy atom. The van der Waals surface area contributed by atoms with Crippen LogP contribution in [0.3, 0.4) is 0 Å². The molecule has 0 unspecified atom stereocenters. The lowest BCUT2D eigenvalue weighted by Gasteiger charge is -2.44. The Morgan fingerprint density at radius 1 is 1.50 bits per heavy atom. The van der Waals surface area contributed by atoms with Crippen LogP contribution in [0.2, 0.25) is 0 Å². The molecular formula is C11H20N2O. The second-order valence-corrected chi connectivity index (χ2v) is 5.10. The van der Waals surface area contributed by atoms with Gasteiger partial charge in [-0.15, -0.1) is 0 Å². The van der Waals surface area contributed by atoms with Crippen LogP contribution in [0.4, 0.5) is 0 Å². The Kier molecular flexibility index (Phi) is 2.52. The summed E-state index contributed by atoms with van der Waals surface area (Å²) in [5.41, 5.74) is 5.66. The van der Waals surface area contributed by atoms with Gasteiger partial charge in [0.1, 0.15) is 0 Å². The van der Waals surface area contributed by atoms with Gasteiger partial charge in [0.2, 0.25) is 5.91 Å². The van der Waals surface area contributed by atoms with Gasteiger partial charge in [-0.2, -0.15) is 0 Å².